The molecule has 1 amide bonds. The molecule has 1 N–H and O–H groups in total. The molecular formula is C16H18N2O7. The highest BCUT2D eigenvalue weighted by Gasteiger charge is 2.46. The third-order valence-corrected chi connectivity index (χ3v) is 4.41. The maximum Gasteiger partial charge on any atom is 0.514 e. The second-order valence-electron chi connectivity index (χ2n) is 6.16. The number of nitrogens with one attached hydrogen (secondary N) is 1. The molecule has 0 aromatic heterocycles. The highest BCUT2D eigenvalue weighted by atomic mass is 16.7. The molecule has 2 aliphatic rings. The minimum Gasteiger partial charge on any atom is -0.431 e. The zero-order valence-corrected chi connectivity index (χ0v) is 13.5. The summed E-state index contributed by atoms with van der Waals surface area (Å²) in [6.07, 6.45) is -0.123. The summed E-state index contributed by atoms with van der Waals surface area (Å²) in [5.74, 6) is 0.165. The SMILES string of the molecule is CC(=O)N[C@H]1CO[C@@H]2C[C@H](OC(=O)Oc3ccc([N+](=O)[O-])cc3)C[C@H]12. The van der Waals surface area contributed by atoms with E-state index >= 15 is 0 Å². The van der Waals surface area contributed by atoms with Crippen molar-refractivity contribution in [3.05, 3.63) is 34.4 Å². The van der Waals surface area contributed by atoms with Crippen molar-refractivity contribution in [2.24, 2.45) is 5.92 Å². The number of carbonyl (C=O) groups excluding carboxylic acids is 2. The van der Waals surface area contributed by atoms with Gasteiger partial charge in [0, 0.05) is 31.4 Å². The highest BCUT2D eigenvalue weighted by Crippen LogP contribution is 2.37. The van der Waals surface area contributed by atoms with Gasteiger partial charge in [-0.2, -0.15) is 0 Å². The fourth-order valence-electron chi connectivity index (χ4n) is 3.35. The van der Waals surface area contributed by atoms with E-state index in [1.54, 1.807) is 0 Å². The summed E-state index contributed by atoms with van der Waals surface area (Å²) in [4.78, 5) is 33.1. The van der Waals surface area contributed by atoms with E-state index in [0.29, 0.717) is 19.4 Å². The number of nitrogens with zero attached hydrogens (tertiary/aromatic N) is 1. The molecule has 0 spiro atoms. The molecule has 0 bridgehead atoms. The number of fused-ring (bicyclic) bond motifs is 1. The van der Waals surface area contributed by atoms with Crippen LogP contribution in [-0.4, -0.2) is 41.8 Å². The Hall–Kier alpha value is -2.68. The number of nitro groups is 1. The van der Waals surface area contributed by atoms with E-state index in [4.69, 9.17) is 14.2 Å². The van der Waals surface area contributed by atoms with E-state index in [1.807, 2.05) is 0 Å². The highest BCUT2D eigenvalue weighted by molar-refractivity contribution is 5.73. The first kappa shape index (κ1) is 17.2. The van der Waals surface area contributed by atoms with Crippen molar-refractivity contribution in [1.29, 1.82) is 0 Å². The van der Waals surface area contributed by atoms with Gasteiger partial charge in [0.1, 0.15) is 11.9 Å². The van der Waals surface area contributed by atoms with Gasteiger partial charge in [0.15, 0.2) is 0 Å². The standard InChI is InChI=1S/C16H18N2O7/c1-9(19)17-14-8-23-15-7-12(6-13(14)15)25-16(20)24-11-4-2-10(3-5-11)18(21)22/h2-5,12-15H,6-8H2,1H3,(H,17,19)/t12-,13-,14+,15-/m1/s1. The van der Waals surface area contributed by atoms with E-state index < -0.39 is 11.1 Å². The quantitative estimate of drug-likeness (QED) is 0.381. The molecule has 0 unspecified atom stereocenters. The van der Waals surface area contributed by atoms with Crippen LogP contribution in [-0.2, 0) is 14.3 Å². The fraction of sp³-hybridized carbons (Fsp3) is 0.500. The summed E-state index contributed by atoms with van der Waals surface area (Å²) < 4.78 is 16.0. The molecule has 9 nitrogen and oxygen atoms in total. The Kier molecular flexibility index (Phi) is 4.84. The largest absolute Gasteiger partial charge is 0.514 e. The lowest BCUT2D eigenvalue weighted by molar-refractivity contribution is -0.384. The number of hydrogen-bond donors (Lipinski definition) is 1. The number of carbonyl (C=O) groups is 2. The van der Waals surface area contributed by atoms with Crippen molar-refractivity contribution >= 4 is 17.7 Å². The lowest BCUT2D eigenvalue weighted by Crippen LogP contribution is -2.39. The number of ether oxygens (including phenoxy) is 3. The van der Waals surface area contributed by atoms with Crippen LogP contribution in [0.1, 0.15) is 19.8 Å². The maximum absolute atomic E-state index is 11.9. The van der Waals surface area contributed by atoms with Crippen LogP contribution in [0, 0.1) is 16.0 Å². The van der Waals surface area contributed by atoms with Gasteiger partial charge in [-0.1, -0.05) is 0 Å². The zero-order valence-electron chi connectivity index (χ0n) is 13.5. The number of benzene rings is 1. The van der Waals surface area contributed by atoms with E-state index in [0.717, 1.165) is 0 Å². The maximum atomic E-state index is 11.9. The fourth-order valence-corrected chi connectivity index (χ4v) is 3.35. The molecule has 4 atom stereocenters. The molecule has 9 heteroatoms. The second-order valence-corrected chi connectivity index (χ2v) is 6.16. The first-order valence-corrected chi connectivity index (χ1v) is 7.94. The van der Waals surface area contributed by atoms with E-state index in [-0.39, 0.29) is 41.5 Å². The van der Waals surface area contributed by atoms with Gasteiger partial charge in [0.25, 0.3) is 5.69 Å². The average Bonchev–Trinajstić information content (AvgIpc) is 3.09. The number of amides is 1. The molecule has 134 valence electrons. The summed E-state index contributed by atoms with van der Waals surface area (Å²) in [5, 5.41) is 13.4. The average molecular weight is 350 g/mol. The third kappa shape index (κ3) is 4.05. The summed E-state index contributed by atoms with van der Waals surface area (Å²) in [7, 11) is 0. The summed E-state index contributed by atoms with van der Waals surface area (Å²) >= 11 is 0. The Morgan fingerprint density at radius 1 is 1.28 bits per heavy atom. The van der Waals surface area contributed by atoms with E-state index in [1.165, 1.54) is 31.2 Å². The Labute approximate surface area is 143 Å². The van der Waals surface area contributed by atoms with Crippen molar-refractivity contribution < 1.29 is 28.7 Å². The number of rotatable bonds is 4. The predicted molar refractivity (Wildman–Crippen MR) is 84.1 cm³/mol. The Balaban J connectivity index is 1.51. The predicted octanol–water partition coefficient (Wildman–Crippen LogP) is 1.79. The van der Waals surface area contributed by atoms with Crippen molar-refractivity contribution in [1.82, 2.24) is 5.32 Å². The first-order chi connectivity index (χ1) is 11.9. The van der Waals surface area contributed by atoms with Gasteiger partial charge in [0.2, 0.25) is 5.91 Å². The van der Waals surface area contributed by atoms with Gasteiger partial charge in [0.05, 0.1) is 23.7 Å². The molecule has 0 radical (unpaired) electrons. The Morgan fingerprint density at radius 2 is 2.00 bits per heavy atom. The van der Waals surface area contributed by atoms with Gasteiger partial charge in [-0.05, 0) is 18.6 Å². The molecule has 1 aliphatic heterocycles. The molecule has 1 aromatic carbocycles. The normalized spacial score (nSPS) is 27.4. The van der Waals surface area contributed by atoms with Crippen molar-refractivity contribution in [2.45, 2.75) is 38.0 Å². The van der Waals surface area contributed by atoms with Crippen LogP contribution in [0.15, 0.2) is 24.3 Å². The van der Waals surface area contributed by atoms with Crippen LogP contribution >= 0.6 is 0 Å². The van der Waals surface area contributed by atoms with Crippen molar-refractivity contribution in [3.63, 3.8) is 0 Å². The second kappa shape index (κ2) is 7.06. The van der Waals surface area contributed by atoms with E-state index in [2.05, 4.69) is 5.32 Å². The van der Waals surface area contributed by atoms with Gasteiger partial charge < -0.3 is 19.5 Å². The lowest BCUT2D eigenvalue weighted by atomic mass is 9.99. The smallest absolute Gasteiger partial charge is 0.431 e. The Bertz CT molecular complexity index is 676. The minimum absolute atomic E-state index is 0.0472. The van der Waals surface area contributed by atoms with Gasteiger partial charge in [-0.25, -0.2) is 4.79 Å². The van der Waals surface area contributed by atoms with Crippen LogP contribution in [0.3, 0.4) is 0 Å². The van der Waals surface area contributed by atoms with Crippen LogP contribution < -0.4 is 10.1 Å². The molecular weight excluding hydrogens is 332 g/mol. The Morgan fingerprint density at radius 3 is 2.64 bits per heavy atom. The first-order valence-electron chi connectivity index (χ1n) is 7.94. The van der Waals surface area contributed by atoms with Gasteiger partial charge in [-0.15, -0.1) is 0 Å². The molecule has 3 rings (SSSR count). The van der Waals surface area contributed by atoms with Crippen LogP contribution in [0.25, 0.3) is 0 Å². The number of nitro benzene ring substituents is 1. The lowest BCUT2D eigenvalue weighted by Gasteiger charge is -2.17. The third-order valence-electron chi connectivity index (χ3n) is 4.41. The summed E-state index contributed by atoms with van der Waals surface area (Å²) in [6.45, 7) is 1.92. The minimum atomic E-state index is -0.866. The van der Waals surface area contributed by atoms with Gasteiger partial charge in [-0.3, -0.25) is 14.9 Å². The van der Waals surface area contributed by atoms with Gasteiger partial charge >= 0.3 is 6.16 Å². The van der Waals surface area contributed by atoms with Crippen LogP contribution in [0.5, 0.6) is 5.75 Å². The molecule has 1 aromatic rings. The summed E-state index contributed by atoms with van der Waals surface area (Å²) in [6, 6.07) is 5.09. The topological polar surface area (TPSA) is 117 Å². The molecule has 1 heterocycles. The number of hydrogen-bond acceptors (Lipinski definition) is 7. The summed E-state index contributed by atoms with van der Waals surface area (Å²) in [5.41, 5.74) is -0.0921. The molecule has 25 heavy (non-hydrogen) atoms. The van der Waals surface area contributed by atoms with Crippen molar-refractivity contribution in [3.8, 4) is 5.75 Å². The molecule has 1 saturated carbocycles. The monoisotopic (exact) mass is 350 g/mol. The van der Waals surface area contributed by atoms with Crippen molar-refractivity contribution in [2.75, 3.05) is 6.61 Å². The van der Waals surface area contributed by atoms with Crippen LogP contribution in [0.4, 0.5) is 10.5 Å². The zero-order chi connectivity index (χ0) is 18.0. The van der Waals surface area contributed by atoms with E-state index in [9.17, 15) is 19.7 Å². The molecule has 1 saturated heterocycles. The number of non-ortho nitro benzene ring substituents is 1. The molecule has 1 aliphatic carbocycles. The molecule has 2 fully saturated rings. The van der Waals surface area contributed by atoms with Crippen LogP contribution in [0.2, 0.25) is 0 Å².